The van der Waals surface area contributed by atoms with Crippen LogP contribution in [-0.2, 0) is 4.79 Å². The molecule has 0 saturated heterocycles. The van der Waals surface area contributed by atoms with Crippen LogP contribution in [0.2, 0.25) is 0 Å². The second-order valence-corrected chi connectivity index (χ2v) is 6.22. The van der Waals surface area contributed by atoms with Crippen molar-refractivity contribution in [2.45, 2.75) is 52.9 Å². The first kappa shape index (κ1) is 14.5. The Morgan fingerprint density at radius 3 is 2.65 bits per heavy atom. The minimum absolute atomic E-state index is 0.0836. The third-order valence-electron chi connectivity index (χ3n) is 3.95. The molecular formula is C14H27NO2. The second kappa shape index (κ2) is 6.39. The predicted molar refractivity (Wildman–Crippen MR) is 69.6 cm³/mol. The molecule has 0 spiro atoms. The largest absolute Gasteiger partial charge is 0.396 e. The zero-order valence-electron chi connectivity index (χ0n) is 11.5. The maximum Gasteiger partial charge on any atom is 0.223 e. The number of aliphatic hydroxyl groups is 1. The number of nitrogens with one attached hydrogen (secondary N) is 1. The number of aliphatic hydroxyl groups excluding tert-OH is 1. The van der Waals surface area contributed by atoms with Crippen LogP contribution in [0.1, 0.15) is 52.9 Å². The molecule has 1 amide bonds. The molecule has 2 N–H and O–H groups in total. The molecule has 1 fully saturated rings. The van der Waals surface area contributed by atoms with Gasteiger partial charge < -0.3 is 10.4 Å². The molecule has 3 heteroatoms. The van der Waals surface area contributed by atoms with Crippen LogP contribution in [0.4, 0.5) is 0 Å². The van der Waals surface area contributed by atoms with E-state index in [1.54, 1.807) is 0 Å². The Labute approximate surface area is 105 Å². The van der Waals surface area contributed by atoms with Gasteiger partial charge in [-0.2, -0.15) is 0 Å². The van der Waals surface area contributed by atoms with Crippen molar-refractivity contribution in [1.29, 1.82) is 0 Å². The normalized spacial score (nSPS) is 24.9. The van der Waals surface area contributed by atoms with Crippen LogP contribution in [-0.4, -0.2) is 24.2 Å². The van der Waals surface area contributed by atoms with E-state index in [-0.39, 0.29) is 23.8 Å². The van der Waals surface area contributed by atoms with Gasteiger partial charge in [0.25, 0.3) is 0 Å². The summed E-state index contributed by atoms with van der Waals surface area (Å²) in [5.74, 6) is 0.992. The molecular weight excluding hydrogens is 214 g/mol. The Bertz CT molecular complexity index is 251. The Hall–Kier alpha value is -0.570. The smallest absolute Gasteiger partial charge is 0.223 e. The summed E-state index contributed by atoms with van der Waals surface area (Å²) in [6.07, 6.45) is 5.18. The highest BCUT2D eigenvalue weighted by Gasteiger charge is 2.30. The molecule has 1 saturated carbocycles. The summed E-state index contributed by atoms with van der Waals surface area (Å²) < 4.78 is 0. The number of carbonyl (C=O) groups excluding carboxylic acids is 1. The van der Waals surface area contributed by atoms with E-state index in [1.807, 2.05) is 0 Å². The number of rotatable bonds is 6. The van der Waals surface area contributed by atoms with E-state index in [0.717, 1.165) is 25.8 Å². The van der Waals surface area contributed by atoms with Crippen molar-refractivity contribution in [1.82, 2.24) is 5.32 Å². The van der Waals surface area contributed by atoms with Gasteiger partial charge in [0, 0.05) is 19.1 Å². The molecule has 100 valence electrons. The minimum Gasteiger partial charge on any atom is -0.396 e. The molecule has 3 nitrogen and oxygen atoms in total. The van der Waals surface area contributed by atoms with Crippen molar-refractivity contribution >= 4 is 5.91 Å². The summed E-state index contributed by atoms with van der Waals surface area (Å²) in [7, 11) is 0. The summed E-state index contributed by atoms with van der Waals surface area (Å²) >= 11 is 0. The standard InChI is InChI=1S/C14H27NO2/c1-11-6-4-7-12(11)13(17)15-10-14(2,3)8-5-9-16/h11-12,16H,4-10H2,1-3H3,(H,15,17). The first-order valence-corrected chi connectivity index (χ1v) is 6.85. The Kier molecular flexibility index (Phi) is 5.44. The molecule has 0 bridgehead atoms. The van der Waals surface area contributed by atoms with E-state index in [1.165, 1.54) is 12.8 Å². The van der Waals surface area contributed by atoms with E-state index in [9.17, 15) is 4.79 Å². The maximum absolute atomic E-state index is 12.0. The first-order valence-electron chi connectivity index (χ1n) is 6.85. The maximum atomic E-state index is 12.0. The third kappa shape index (κ3) is 4.66. The highest BCUT2D eigenvalue weighted by Crippen LogP contribution is 2.31. The molecule has 0 aromatic heterocycles. The topological polar surface area (TPSA) is 49.3 Å². The Balaban J connectivity index is 2.31. The van der Waals surface area contributed by atoms with Crippen molar-refractivity contribution in [3.05, 3.63) is 0 Å². The molecule has 0 aromatic rings. The van der Waals surface area contributed by atoms with Crippen molar-refractivity contribution < 1.29 is 9.90 Å². The molecule has 2 atom stereocenters. The fourth-order valence-corrected chi connectivity index (χ4v) is 2.64. The fraction of sp³-hybridized carbons (Fsp3) is 0.929. The van der Waals surface area contributed by atoms with E-state index in [2.05, 4.69) is 26.1 Å². The van der Waals surface area contributed by atoms with Crippen LogP contribution in [0.3, 0.4) is 0 Å². The van der Waals surface area contributed by atoms with Crippen molar-refractivity contribution in [3.8, 4) is 0 Å². The fourth-order valence-electron chi connectivity index (χ4n) is 2.64. The van der Waals surface area contributed by atoms with Crippen LogP contribution in [0.25, 0.3) is 0 Å². The van der Waals surface area contributed by atoms with Crippen molar-refractivity contribution in [2.24, 2.45) is 17.3 Å². The van der Waals surface area contributed by atoms with Gasteiger partial charge in [-0.15, -0.1) is 0 Å². The molecule has 1 aliphatic rings. The lowest BCUT2D eigenvalue weighted by atomic mass is 9.87. The Morgan fingerprint density at radius 1 is 1.41 bits per heavy atom. The summed E-state index contributed by atoms with van der Waals surface area (Å²) in [5.41, 5.74) is 0.0836. The van der Waals surface area contributed by atoms with Gasteiger partial charge in [0.15, 0.2) is 0 Å². The summed E-state index contributed by atoms with van der Waals surface area (Å²) in [5, 5.41) is 11.9. The molecule has 2 unspecified atom stereocenters. The van der Waals surface area contributed by atoms with Crippen LogP contribution in [0.5, 0.6) is 0 Å². The summed E-state index contributed by atoms with van der Waals surface area (Å²) in [6.45, 7) is 7.41. The number of amides is 1. The van der Waals surface area contributed by atoms with Gasteiger partial charge in [0.05, 0.1) is 0 Å². The number of hydrogen-bond donors (Lipinski definition) is 2. The SMILES string of the molecule is CC1CCCC1C(=O)NCC(C)(C)CCCO. The average molecular weight is 241 g/mol. The lowest BCUT2D eigenvalue weighted by molar-refractivity contribution is -0.126. The van der Waals surface area contributed by atoms with Crippen molar-refractivity contribution in [3.63, 3.8) is 0 Å². The number of carbonyl (C=O) groups is 1. The quantitative estimate of drug-likeness (QED) is 0.750. The van der Waals surface area contributed by atoms with E-state index < -0.39 is 0 Å². The van der Waals surface area contributed by atoms with Gasteiger partial charge in [-0.3, -0.25) is 4.79 Å². The Morgan fingerprint density at radius 2 is 2.12 bits per heavy atom. The van der Waals surface area contributed by atoms with Gasteiger partial charge in [-0.25, -0.2) is 0 Å². The van der Waals surface area contributed by atoms with Crippen molar-refractivity contribution in [2.75, 3.05) is 13.2 Å². The molecule has 1 rings (SSSR count). The summed E-state index contributed by atoms with van der Waals surface area (Å²) in [6, 6.07) is 0. The molecule has 0 aromatic carbocycles. The van der Waals surface area contributed by atoms with Gasteiger partial charge in [0.1, 0.15) is 0 Å². The first-order chi connectivity index (χ1) is 7.96. The summed E-state index contributed by atoms with van der Waals surface area (Å²) in [4.78, 5) is 12.0. The van der Waals surface area contributed by atoms with E-state index >= 15 is 0 Å². The molecule has 1 aliphatic carbocycles. The van der Waals surface area contributed by atoms with Gasteiger partial charge >= 0.3 is 0 Å². The minimum atomic E-state index is 0.0836. The zero-order chi connectivity index (χ0) is 12.9. The lowest BCUT2D eigenvalue weighted by Crippen LogP contribution is -2.38. The third-order valence-corrected chi connectivity index (χ3v) is 3.95. The van der Waals surface area contributed by atoms with Crippen LogP contribution >= 0.6 is 0 Å². The number of hydrogen-bond acceptors (Lipinski definition) is 2. The molecule has 0 aliphatic heterocycles. The van der Waals surface area contributed by atoms with Gasteiger partial charge in [0.2, 0.25) is 5.91 Å². The van der Waals surface area contributed by atoms with Gasteiger partial charge in [-0.1, -0.05) is 27.2 Å². The zero-order valence-corrected chi connectivity index (χ0v) is 11.5. The molecule has 17 heavy (non-hydrogen) atoms. The molecule has 0 heterocycles. The van der Waals surface area contributed by atoms with Gasteiger partial charge in [-0.05, 0) is 37.0 Å². The second-order valence-electron chi connectivity index (χ2n) is 6.22. The van der Waals surface area contributed by atoms with Crippen LogP contribution in [0, 0.1) is 17.3 Å². The molecule has 0 radical (unpaired) electrons. The van der Waals surface area contributed by atoms with Crippen LogP contribution < -0.4 is 5.32 Å². The van der Waals surface area contributed by atoms with Crippen LogP contribution in [0.15, 0.2) is 0 Å². The highest BCUT2D eigenvalue weighted by molar-refractivity contribution is 5.79. The average Bonchev–Trinajstić information content (AvgIpc) is 2.70. The highest BCUT2D eigenvalue weighted by atomic mass is 16.2. The lowest BCUT2D eigenvalue weighted by Gasteiger charge is -2.26. The predicted octanol–water partition coefficient (Wildman–Crippen LogP) is 2.34. The van der Waals surface area contributed by atoms with E-state index in [4.69, 9.17) is 5.11 Å². The van der Waals surface area contributed by atoms with E-state index in [0.29, 0.717) is 5.92 Å². The monoisotopic (exact) mass is 241 g/mol.